The topological polar surface area (TPSA) is 106 Å². The number of hydrogen-bond acceptors (Lipinski definition) is 5. The molecule has 1 atom stereocenters. The number of rotatable bonds is 4. The van der Waals surface area contributed by atoms with Crippen molar-refractivity contribution in [2.45, 2.75) is 12.6 Å². The Hall–Kier alpha value is -3.39. The van der Waals surface area contributed by atoms with E-state index in [9.17, 15) is 14.4 Å². The second kappa shape index (κ2) is 6.97. The summed E-state index contributed by atoms with van der Waals surface area (Å²) in [6.07, 6.45) is 2.03. The summed E-state index contributed by atoms with van der Waals surface area (Å²) in [6, 6.07) is 13.9. The molecule has 0 bridgehead atoms. The van der Waals surface area contributed by atoms with Crippen molar-refractivity contribution in [2.24, 2.45) is 7.05 Å². The van der Waals surface area contributed by atoms with Crippen LogP contribution in [-0.2, 0) is 13.6 Å². The number of nitrogens with zero attached hydrogens (tertiary/aromatic N) is 3. The zero-order valence-electron chi connectivity index (χ0n) is 15.5. The lowest BCUT2D eigenvalue weighted by molar-refractivity contribution is 0.0881. The monoisotopic (exact) mass is 379 g/mol. The zero-order valence-corrected chi connectivity index (χ0v) is 15.5. The van der Waals surface area contributed by atoms with Gasteiger partial charge in [-0.25, -0.2) is 4.79 Å². The molecule has 0 spiro atoms. The van der Waals surface area contributed by atoms with E-state index in [-0.39, 0.29) is 24.0 Å². The van der Waals surface area contributed by atoms with Crippen LogP contribution in [0.15, 0.2) is 58.3 Å². The number of hydrogen-bond donors (Lipinski definition) is 2. The first-order valence-corrected chi connectivity index (χ1v) is 9.03. The number of nitrogens with two attached hydrogens (primary N) is 1. The Kier molecular flexibility index (Phi) is 4.48. The molecule has 1 aliphatic rings. The molecule has 0 amide bonds. The fraction of sp³-hybridized carbons (Fsp3) is 0.250. The van der Waals surface area contributed by atoms with Crippen molar-refractivity contribution in [3.05, 3.63) is 86.3 Å². The van der Waals surface area contributed by atoms with Crippen LogP contribution in [0.4, 0.5) is 5.82 Å². The van der Waals surface area contributed by atoms with E-state index in [1.807, 2.05) is 53.6 Å². The first-order valence-electron chi connectivity index (χ1n) is 9.03. The average Bonchev–Trinajstić information content (AvgIpc) is 3.15. The molecule has 2 aromatic heterocycles. The van der Waals surface area contributed by atoms with Gasteiger partial charge in [-0.05, 0) is 17.7 Å². The molecule has 3 aromatic rings. The predicted molar refractivity (Wildman–Crippen MR) is 105 cm³/mol. The summed E-state index contributed by atoms with van der Waals surface area (Å²) in [7, 11) is 1.42. The van der Waals surface area contributed by atoms with Gasteiger partial charge in [-0.15, -0.1) is 0 Å². The smallest absolute Gasteiger partial charge is 0.329 e. The first-order chi connectivity index (χ1) is 13.5. The minimum atomic E-state index is -0.748. The highest BCUT2D eigenvalue weighted by Gasteiger charge is 2.31. The predicted octanol–water partition coefficient (Wildman–Crippen LogP) is 0.745. The highest BCUT2D eigenvalue weighted by Crippen LogP contribution is 2.32. The Labute approximate surface area is 160 Å². The molecule has 0 saturated carbocycles. The van der Waals surface area contributed by atoms with Crippen molar-refractivity contribution in [3.8, 4) is 0 Å². The van der Waals surface area contributed by atoms with Crippen molar-refractivity contribution in [1.29, 1.82) is 0 Å². The Morgan fingerprint density at radius 2 is 1.89 bits per heavy atom. The second-order valence-corrected chi connectivity index (χ2v) is 6.91. The van der Waals surface area contributed by atoms with E-state index in [4.69, 9.17) is 5.73 Å². The van der Waals surface area contributed by atoms with Crippen LogP contribution < -0.4 is 17.0 Å². The van der Waals surface area contributed by atoms with Gasteiger partial charge < -0.3 is 10.3 Å². The number of ketones is 1. The summed E-state index contributed by atoms with van der Waals surface area (Å²) in [5.74, 6) is -0.523. The second-order valence-electron chi connectivity index (χ2n) is 6.91. The highest BCUT2D eigenvalue weighted by molar-refractivity contribution is 6.01. The summed E-state index contributed by atoms with van der Waals surface area (Å²) >= 11 is 0. The van der Waals surface area contributed by atoms with E-state index in [0.717, 1.165) is 22.4 Å². The molecule has 3 N–H and O–H groups in total. The van der Waals surface area contributed by atoms with Gasteiger partial charge in [-0.3, -0.25) is 24.0 Å². The third kappa shape index (κ3) is 2.97. The van der Waals surface area contributed by atoms with E-state index in [2.05, 4.69) is 9.55 Å². The third-order valence-electron chi connectivity index (χ3n) is 5.25. The maximum absolute atomic E-state index is 13.0. The number of fused-ring (bicyclic) bond motifs is 1. The summed E-state index contributed by atoms with van der Waals surface area (Å²) < 4.78 is 3.25. The molecule has 3 heterocycles. The molecule has 144 valence electrons. The fourth-order valence-electron chi connectivity index (χ4n) is 3.79. The summed E-state index contributed by atoms with van der Waals surface area (Å²) in [6.45, 7) is 1.42. The molecule has 0 radical (unpaired) electrons. The van der Waals surface area contributed by atoms with Gasteiger partial charge in [0.25, 0.3) is 5.56 Å². The zero-order chi connectivity index (χ0) is 19.8. The number of H-pyrrole nitrogens is 1. The number of nitrogen functional groups attached to an aromatic ring is 1. The van der Waals surface area contributed by atoms with Gasteiger partial charge in [0.15, 0.2) is 5.78 Å². The maximum atomic E-state index is 13.0. The van der Waals surface area contributed by atoms with Gasteiger partial charge in [0.2, 0.25) is 0 Å². The van der Waals surface area contributed by atoms with Crippen LogP contribution in [-0.4, -0.2) is 37.9 Å². The number of anilines is 1. The van der Waals surface area contributed by atoms with Crippen molar-refractivity contribution < 1.29 is 4.79 Å². The minimum absolute atomic E-state index is 0.0240. The van der Waals surface area contributed by atoms with Crippen LogP contribution in [0.3, 0.4) is 0 Å². The molecule has 8 nitrogen and oxygen atoms in total. The van der Waals surface area contributed by atoms with Gasteiger partial charge in [-0.2, -0.15) is 0 Å². The van der Waals surface area contributed by atoms with Crippen molar-refractivity contribution in [1.82, 2.24) is 19.0 Å². The lowest BCUT2D eigenvalue weighted by Gasteiger charge is -2.37. The van der Waals surface area contributed by atoms with E-state index in [0.29, 0.717) is 6.54 Å². The van der Waals surface area contributed by atoms with Crippen molar-refractivity contribution >= 4 is 11.6 Å². The third-order valence-corrected chi connectivity index (χ3v) is 5.25. The number of nitrogens with one attached hydrogen (secondary N) is 1. The quantitative estimate of drug-likeness (QED) is 0.651. The van der Waals surface area contributed by atoms with Gasteiger partial charge in [0.1, 0.15) is 11.4 Å². The van der Waals surface area contributed by atoms with E-state index in [1.165, 1.54) is 7.05 Å². The molecular weight excluding hydrogens is 358 g/mol. The van der Waals surface area contributed by atoms with Gasteiger partial charge in [-0.1, -0.05) is 30.3 Å². The van der Waals surface area contributed by atoms with Crippen LogP contribution in [0, 0.1) is 0 Å². The molecule has 28 heavy (non-hydrogen) atoms. The number of carbonyl (C=O) groups is 1. The number of Topliss-reactive ketones (excluding diaryl/α,β-unsaturated/α-hetero) is 1. The first kappa shape index (κ1) is 18.0. The number of carbonyl (C=O) groups excluding carboxylic acids is 1. The van der Waals surface area contributed by atoms with Gasteiger partial charge in [0.05, 0.1) is 12.6 Å². The summed E-state index contributed by atoms with van der Waals surface area (Å²) in [5, 5.41) is 0. The lowest BCUT2D eigenvalue weighted by Crippen LogP contribution is -2.43. The summed E-state index contributed by atoms with van der Waals surface area (Å²) in [5.41, 5.74) is 6.49. The van der Waals surface area contributed by atoms with Crippen LogP contribution in [0.1, 0.15) is 27.7 Å². The Morgan fingerprint density at radius 3 is 2.64 bits per heavy atom. The Morgan fingerprint density at radius 1 is 1.14 bits per heavy atom. The number of aromatic nitrogens is 3. The SMILES string of the molecule is Cn1c(N)c(C(=O)CN2CCn3cccc3[C@@H]2c2ccccc2)c(=O)[nH]c1=O. The molecular formula is C20H21N5O3. The molecule has 4 rings (SSSR count). The van der Waals surface area contributed by atoms with E-state index < -0.39 is 17.0 Å². The molecule has 0 aliphatic carbocycles. The fourth-order valence-corrected chi connectivity index (χ4v) is 3.79. The van der Waals surface area contributed by atoms with Gasteiger partial charge in [0, 0.05) is 32.0 Å². The van der Waals surface area contributed by atoms with Crippen LogP contribution in [0.2, 0.25) is 0 Å². The molecule has 1 aliphatic heterocycles. The lowest BCUT2D eigenvalue weighted by atomic mass is 9.99. The van der Waals surface area contributed by atoms with Crippen molar-refractivity contribution in [2.75, 3.05) is 18.8 Å². The molecule has 0 saturated heterocycles. The summed E-state index contributed by atoms with van der Waals surface area (Å²) in [4.78, 5) is 41.1. The maximum Gasteiger partial charge on any atom is 0.329 e. The molecule has 0 fully saturated rings. The molecule has 0 unspecified atom stereocenters. The molecule has 1 aromatic carbocycles. The normalized spacial score (nSPS) is 16.7. The van der Waals surface area contributed by atoms with Crippen LogP contribution in [0.5, 0.6) is 0 Å². The average molecular weight is 379 g/mol. The standard InChI is InChI=1S/C20H21N5O3/c1-23-18(21)16(19(27)22-20(23)28)15(26)12-25-11-10-24-9-5-8-14(24)17(25)13-6-3-2-4-7-13/h2-9,17H,10-12,21H2,1H3,(H,22,27,28)/t17-/m0/s1. The number of benzene rings is 1. The van der Waals surface area contributed by atoms with E-state index in [1.54, 1.807) is 0 Å². The largest absolute Gasteiger partial charge is 0.384 e. The van der Waals surface area contributed by atoms with E-state index >= 15 is 0 Å². The van der Waals surface area contributed by atoms with Gasteiger partial charge >= 0.3 is 5.69 Å². The highest BCUT2D eigenvalue weighted by atomic mass is 16.2. The van der Waals surface area contributed by atoms with Crippen LogP contribution >= 0.6 is 0 Å². The van der Waals surface area contributed by atoms with Crippen LogP contribution in [0.25, 0.3) is 0 Å². The Balaban J connectivity index is 1.71. The molecule has 8 heteroatoms. The number of aromatic amines is 1. The van der Waals surface area contributed by atoms with Crippen molar-refractivity contribution in [3.63, 3.8) is 0 Å². The minimum Gasteiger partial charge on any atom is -0.384 e. The Bertz CT molecular complexity index is 1140.